The van der Waals surface area contributed by atoms with Crippen molar-refractivity contribution in [3.8, 4) is 0 Å². The number of anilines is 1. The molecule has 0 unspecified atom stereocenters. The van der Waals surface area contributed by atoms with Crippen molar-refractivity contribution < 1.29 is 9.59 Å². The molecule has 5 nitrogen and oxygen atoms in total. The predicted octanol–water partition coefficient (Wildman–Crippen LogP) is 4.96. The van der Waals surface area contributed by atoms with E-state index in [1.54, 1.807) is 12.1 Å². The molecule has 1 aliphatic rings. The van der Waals surface area contributed by atoms with Crippen LogP contribution in [-0.4, -0.2) is 23.3 Å². The molecule has 30 heavy (non-hydrogen) atoms. The molecule has 0 atom stereocenters. The number of primary amides is 1. The van der Waals surface area contributed by atoms with Crippen LogP contribution >= 0.6 is 34.5 Å². The van der Waals surface area contributed by atoms with Gasteiger partial charge in [-0.1, -0.05) is 53.5 Å². The van der Waals surface area contributed by atoms with Crippen molar-refractivity contribution in [3.63, 3.8) is 0 Å². The molecule has 8 heteroatoms. The van der Waals surface area contributed by atoms with E-state index in [0.717, 1.165) is 23.5 Å². The first-order valence-electron chi connectivity index (χ1n) is 9.39. The van der Waals surface area contributed by atoms with Gasteiger partial charge in [-0.25, -0.2) is 0 Å². The number of thiophene rings is 1. The van der Waals surface area contributed by atoms with E-state index in [2.05, 4.69) is 22.3 Å². The Balaban J connectivity index is 1.59. The Morgan fingerprint density at radius 3 is 2.63 bits per heavy atom. The Bertz CT molecular complexity index is 1120. The van der Waals surface area contributed by atoms with Gasteiger partial charge in [-0.15, -0.1) is 11.3 Å². The third kappa shape index (κ3) is 4.37. The van der Waals surface area contributed by atoms with Gasteiger partial charge in [0.15, 0.2) is 0 Å². The number of benzene rings is 2. The van der Waals surface area contributed by atoms with Crippen molar-refractivity contribution in [1.29, 1.82) is 0 Å². The fraction of sp³-hybridized carbons (Fsp3) is 0.182. The summed E-state index contributed by atoms with van der Waals surface area (Å²) in [6.07, 6.45) is 0.699. The molecule has 3 N–H and O–H groups in total. The van der Waals surface area contributed by atoms with Gasteiger partial charge in [0.2, 0.25) is 0 Å². The number of hydrogen-bond acceptors (Lipinski definition) is 4. The summed E-state index contributed by atoms with van der Waals surface area (Å²) in [6.45, 7) is 2.33. The van der Waals surface area contributed by atoms with Crippen molar-refractivity contribution >= 4 is 51.4 Å². The summed E-state index contributed by atoms with van der Waals surface area (Å²) < 4.78 is 0. The second kappa shape index (κ2) is 8.78. The molecule has 1 aliphatic heterocycles. The summed E-state index contributed by atoms with van der Waals surface area (Å²) in [5.41, 5.74) is 8.46. The molecule has 0 radical (unpaired) electrons. The molecular weight excluding hydrogens is 441 g/mol. The van der Waals surface area contributed by atoms with Gasteiger partial charge in [-0.05, 0) is 35.7 Å². The van der Waals surface area contributed by atoms with Crippen molar-refractivity contribution in [3.05, 3.63) is 85.7 Å². The van der Waals surface area contributed by atoms with Gasteiger partial charge in [-0.3, -0.25) is 14.5 Å². The predicted molar refractivity (Wildman–Crippen MR) is 122 cm³/mol. The molecule has 2 aromatic carbocycles. The standard InChI is InChI=1S/C22H19Cl2N3O2S/c23-14-6-7-17(24)16(10-14)21(29)26-22-19(20(25)28)15-8-9-27(12-18(15)30-22)11-13-4-2-1-3-5-13/h1-7,10H,8-9,11-12H2,(H2,25,28)(H,26,29). The van der Waals surface area contributed by atoms with Gasteiger partial charge in [0.05, 0.1) is 16.1 Å². The van der Waals surface area contributed by atoms with E-state index in [1.807, 2.05) is 18.2 Å². The fourth-order valence-corrected chi connectivity index (χ4v) is 5.29. The Kier molecular flexibility index (Phi) is 6.11. The number of amides is 2. The number of nitrogens with two attached hydrogens (primary N) is 1. The second-order valence-corrected chi connectivity index (χ2v) is 9.05. The number of carbonyl (C=O) groups is 2. The highest BCUT2D eigenvalue weighted by Gasteiger charge is 2.28. The van der Waals surface area contributed by atoms with E-state index in [0.29, 0.717) is 28.6 Å². The lowest BCUT2D eigenvalue weighted by Gasteiger charge is -2.27. The normalized spacial score (nSPS) is 13.7. The van der Waals surface area contributed by atoms with Crippen LogP contribution in [0.1, 0.15) is 36.7 Å². The highest BCUT2D eigenvalue weighted by atomic mass is 35.5. The summed E-state index contributed by atoms with van der Waals surface area (Å²) >= 11 is 13.5. The first-order chi connectivity index (χ1) is 14.4. The first kappa shape index (κ1) is 20.9. The quantitative estimate of drug-likeness (QED) is 0.565. The summed E-state index contributed by atoms with van der Waals surface area (Å²) in [7, 11) is 0. The lowest BCUT2D eigenvalue weighted by atomic mass is 10.0. The Morgan fingerprint density at radius 2 is 1.90 bits per heavy atom. The molecule has 0 bridgehead atoms. The average molecular weight is 460 g/mol. The average Bonchev–Trinajstić information content (AvgIpc) is 3.07. The van der Waals surface area contributed by atoms with Crippen LogP contribution in [0.25, 0.3) is 0 Å². The maximum absolute atomic E-state index is 12.8. The van der Waals surface area contributed by atoms with Crippen LogP contribution in [0.15, 0.2) is 48.5 Å². The monoisotopic (exact) mass is 459 g/mol. The van der Waals surface area contributed by atoms with Gasteiger partial charge < -0.3 is 11.1 Å². The van der Waals surface area contributed by atoms with Crippen LogP contribution in [0.2, 0.25) is 10.0 Å². The smallest absolute Gasteiger partial charge is 0.257 e. The van der Waals surface area contributed by atoms with Crippen molar-refractivity contribution in [2.24, 2.45) is 5.73 Å². The van der Waals surface area contributed by atoms with Gasteiger partial charge >= 0.3 is 0 Å². The van der Waals surface area contributed by atoms with E-state index < -0.39 is 11.8 Å². The van der Waals surface area contributed by atoms with Crippen LogP contribution in [-0.2, 0) is 19.5 Å². The third-order valence-corrected chi connectivity index (χ3v) is 6.73. The van der Waals surface area contributed by atoms with Gasteiger partial charge in [0, 0.05) is 29.5 Å². The molecule has 0 fully saturated rings. The van der Waals surface area contributed by atoms with Crippen molar-refractivity contribution in [2.45, 2.75) is 19.5 Å². The Morgan fingerprint density at radius 1 is 1.13 bits per heavy atom. The summed E-state index contributed by atoms with van der Waals surface area (Å²) in [6, 6.07) is 14.9. The topological polar surface area (TPSA) is 75.4 Å². The summed E-state index contributed by atoms with van der Waals surface area (Å²) in [5, 5.41) is 3.96. The number of nitrogens with one attached hydrogen (secondary N) is 1. The van der Waals surface area contributed by atoms with Crippen LogP contribution in [0.5, 0.6) is 0 Å². The molecule has 1 aromatic heterocycles. The SMILES string of the molecule is NC(=O)c1c(NC(=O)c2cc(Cl)ccc2Cl)sc2c1CCN(Cc1ccccc1)C2. The fourth-order valence-electron chi connectivity index (χ4n) is 3.62. The largest absolute Gasteiger partial charge is 0.365 e. The van der Waals surface area contributed by atoms with Crippen LogP contribution in [0.4, 0.5) is 5.00 Å². The molecule has 3 aromatic rings. The highest BCUT2D eigenvalue weighted by Crippen LogP contribution is 2.37. The van der Waals surface area contributed by atoms with Gasteiger partial charge in [0.25, 0.3) is 11.8 Å². The summed E-state index contributed by atoms with van der Waals surface area (Å²) in [5.74, 6) is -0.971. The molecule has 0 saturated heterocycles. The van der Waals surface area contributed by atoms with E-state index >= 15 is 0 Å². The molecule has 2 amide bonds. The zero-order chi connectivity index (χ0) is 21.3. The van der Waals surface area contributed by atoms with E-state index in [9.17, 15) is 9.59 Å². The molecule has 4 rings (SSSR count). The second-order valence-electron chi connectivity index (χ2n) is 7.10. The lowest BCUT2D eigenvalue weighted by molar-refractivity contribution is 0.0999. The van der Waals surface area contributed by atoms with Gasteiger partial charge in [-0.2, -0.15) is 0 Å². The van der Waals surface area contributed by atoms with Crippen LogP contribution in [0.3, 0.4) is 0 Å². The molecule has 154 valence electrons. The van der Waals surface area contributed by atoms with E-state index in [-0.39, 0.29) is 10.6 Å². The van der Waals surface area contributed by atoms with E-state index in [1.165, 1.54) is 23.0 Å². The molecule has 0 saturated carbocycles. The summed E-state index contributed by atoms with van der Waals surface area (Å²) in [4.78, 5) is 28.3. The zero-order valence-electron chi connectivity index (χ0n) is 16.0. The first-order valence-corrected chi connectivity index (χ1v) is 11.0. The molecule has 0 spiro atoms. The number of fused-ring (bicyclic) bond motifs is 1. The van der Waals surface area contributed by atoms with Gasteiger partial charge in [0.1, 0.15) is 5.00 Å². The van der Waals surface area contributed by atoms with E-state index in [4.69, 9.17) is 28.9 Å². The zero-order valence-corrected chi connectivity index (χ0v) is 18.3. The van der Waals surface area contributed by atoms with Crippen molar-refractivity contribution in [2.75, 3.05) is 11.9 Å². The Hall–Kier alpha value is -2.38. The number of halogens is 2. The number of carbonyl (C=O) groups excluding carboxylic acids is 2. The highest BCUT2D eigenvalue weighted by molar-refractivity contribution is 7.17. The molecular formula is C22H19Cl2N3O2S. The minimum absolute atomic E-state index is 0.247. The molecule has 2 heterocycles. The maximum Gasteiger partial charge on any atom is 0.257 e. The minimum Gasteiger partial charge on any atom is -0.365 e. The maximum atomic E-state index is 12.8. The number of nitrogens with zero attached hydrogens (tertiary/aromatic N) is 1. The van der Waals surface area contributed by atoms with Crippen LogP contribution in [0, 0.1) is 0 Å². The third-order valence-electron chi connectivity index (χ3n) is 5.03. The lowest BCUT2D eigenvalue weighted by Crippen LogP contribution is -2.30. The number of hydrogen-bond donors (Lipinski definition) is 2. The Labute approximate surface area is 188 Å². The van der Waals surface area contributed by atoms with Crippen molar-refractivity contribution in [1.82, 2.24) is 4.90 Å². The van der Waals surface area contributed by atoms with Crippen LogP contribution < -0.4 is 11.1 Å². The minimum atomic E-state index is -0.545. The number of rotatable bonds is 5. The molecule has 0 aliphatic carbocycles.